The van der Waals surface area contributed by atoms with Gasteiger partial charge in [-0.1, -0.05) is 44.6 Å². The number of aliphatic imine (C=N–C) groups is 2. The molecule has 0 unspecified atom stereocenters. The molecule has 2 aliphatic carbocycles. The third-order valence-corrected chi connectivity index (χ3v) is 4.78. The van der Waals surface area contributed by atoms with Crippen molar-refractivity contribution >= 4 is 12.4 Å². The predicted octanol–water partition coefficient (Wildman–Crippen LogP) is -4.41. The van der Waals surface area contributed by atoms with E-state index in [0.717, 1.165) is 11.4 Å². The summed E-state index contributed by atoms with van der Waals surface area (Å²) in [4.78, 5) is 14.1. The van der Waals surface area contributed by atoms with Crippen LogP contribution >= 0.6 is 0 Å². The molecule has 2 fully saturated rings. The first-order valence-corrected chi connectivity index (χ1v) is 8.93. The topological polar surface area (TPSA) is 37.6 Å². The molecule has 0 atom stereocenters. The molecule has 7 heteroatoms. The maximum absolute atomic E-state index is 4.71. The number of halogens is 3. The number of hydrogen-bond donors (Lipinski definition) is 0. The van der Waals surface area contributed by atoms with Crippen LogP contribution in [0.4, 0.5) is 0 Å². The Bertz CT molecular complexity index is 485. The molecule has 1 aromatic heterocycles. The van der Waals surface area contributed by atoms with E-state index in [9.17, 15) is 0 Å². The van der Waals surface area contributed by atoms with Gasteiger partial charge in [-0.05, 0) is 37.8 Å². The van der Waals surface area contributed by atoms with Gasteiger partial charge in [-0.25, -0.2) is 4.98 Å². The smallest absolute Gasteiger partial charge is 0.0815 e. The van der Waals surface area contributed by atoms with Crippen LogP contribution in [0.15, 0.2) is 28.2 Å². The molecule has 0 bridgehead atoms. The standard InChI is InChI=1S/C19H27N3.3ClH.V/c1-3-8-16(9-4-1)20-14-18-12-7-13-19(22-18)15-21-17-10-5-2-6-11-17;;;;/h7,12-17H,1-6,8-11H2;3*1H;/p-3. The molecule has 0 aliphatic heterocycles. The molecule has 2 saturated carbocycles. The fourth-order valence-corrected chi connectivity index (χ4v) is 3.44. The monoisotopic (exact) mass is 453 g/mol. The zero-order valence-corrected chi connectivity index (χ0v) is 18.7. The average molecular weight is 455 g/mol. The average Bonchev–Trinajstić information content (AvgIpc) is 2.60. The quantitative estimate of drug-likeness (QED) is 0.424. The van der Waals surface area contributed by atoms with E-state index in [1.165, 1.54) is 64.2 Å². The fraction of sp³-hybridized carbons (Fsp3) is 0.632. The van der Waals surface area contributed by atoms with Crippen molar-refractivity contribution in [2.75, 3.05) is 0 Å². The van der Waals surface area contributed by atoms with Crippen molar-refractivity contribution in [2.24, 2.45) is 9.98 Å². The van der Waals surface area contributed by atoms with Gasteiger partial charge < -0.3 is 37.2 Å². The maximum atomic E-state index is 4.71. The molecule has 1 heterocycles. The van der Waals surface area contributed by atoms with Crippen molar-refractivity contribution in [1.82, 2.24) is 4.98 Å². The number of nitrogens with zero attached hydrogens (tertiary/aromatic N) is 3. The van der Waals surface area contributed by atoms with Crippen LogP contribution in [-0.4, -0.2) is 29.5 Å². The van der Waals surface area contributed by atoms with Crippen molar-refractivity contribution in [3.8, 4) is 0 Å². The van der Waals surface area contributed by atoms with Crippen LogP contribution in [0.25, 0.3) is 0 Å². The van der Waals surface area contributed by atoms with Crippen LogP contribution in [0, 0.1) is 0 Å². The Labute approximate surface area is 188 Å². The molecule has 1 radical (unpaired) electrons. The Balaban J connectivity index is 0. The SMILES string of the molecule is C(=NC1CCCCC1)c1cccc(C=NC2CCCCC2)n1.[Cl-].[Cl-].[Cl-].[V]. The summed E-state index contributed by atoms with van der Waals surface area (Å²) in [6, 6.07) is 7.14. The second kappa shape index (κ2) is 15.9. The Kier molecular flexibility index (Phi) is 17.3. The molecule has 26 heavy (non-hydrogen) atoms. The zero-order chi connectivity index (χ0) is 15.0. The summed E-state index contributed by atoms with van der Waals surface area (Å²) in [6.07, 6.45) is 16.9. The molecule has 0 saturated heterocycles. The van der Waals surface area contributed by atoms with E-state index in [1.54, 1.807) is 0 Å². The van der Waals surface area contributed by atoms with E-state index in [4.69, 9.17) is 9.98 Å². The van der Waals surface area contributed by atoms with Gasteiger partial charge in [-0.3, -0.25) is 9.98 Å². The number of hydrogen-bond acceptors (Lipinski definition) is 3. The normalized spacial score (nSPS) is 18.5. The Morgan fingerprint density at radius 2 is 1.08 bits per heavy atom. The molecule has 0 amide bonds. The van der Waals surface area contributed by atoms with E-state index in [1.807, 2.05) is 24.6 Å². The predicted molar refractivity (Wildman–Crippen MR) is 93.2 cm³/mol. The van der Waals surface area contributed by atoms with Gasteiger partial charge >= 0.3 is 0 Å². The first-order valence-electron chi connectivity index (χ1n) is 8.93. The zero-order valence-electron chi connectivity index (χ0n) is 15.0. The van der Waals surface area contributed by atoms with Gasteiger partial charge in [0.15, 0.2) is 0 Å². The molecule has 3 rings (SSSR count). The Morgan fingerprint density at radius 3 is 1.46 bits per heavy atom. The molecule has 147 valence electrons. The first-order chi connectivity index (χ1) is 10.9. The van der Waals surface area contributed by atoms with E-state index < -0.39 is 0 Å². The van der Waals surface area contributed by atoms with Gasteiger partial charge in [-0.2, -0.15) is 0 Å². The summed E-state index contributed by atoms with van der Waals surface area (Å²) in [5.74, 6) is 0. The summed E-state index contributed by atoms with van der Waals surface area (Å²) in [7, 11) is 0. The number of pyridine rings is 1. The van der Waals surface area contributed by atoms with Crippen LogP contribution in [0.2, 0.25) is 0 Å². The molecule has 0 aromatic carbocycles. The number of rotatable bonds is 4. The first kappa shape index (κ1) is 28.2. The largest absolute Gasteiger partial charge is 1.00 e. The molecule has 0 spiro atoms. The summed E-state index contributed by atoms with van der Waals surface area (Å²) >= 11 is 0. The second-order valence-corrected chi connectivity index (χ2v) is 6.63. The molecule has 3 nitrogen and oxygen atoms in total. The molecule has 1 aromatic rings. The van der Waals surface area contributed by atoms with E-state index in [0.29, 0.717) is 12.1 Å². The van der Waals surface area contributed by atoms with Crippen LogP contribution in [0.1, 0.15) is 75.6 Å². The minimum atomic E-state index is 0. The summed E-state index contributed by atoms with van der Waals surface area (Å²) < 4.78 is 0. The van der Waals surface area contributed by atoms with Crippen LogP contribution in [-0.2, 0) is 18.6 Å². The summed E-state index contributed by atoms with van der Waals surface area (Å²) in [5, 5.41) is 0. The summed E-state index contributed by atoms with van der Waals surface area (Å²) in [6.45, 7) is 0. The van der Waals surface area contributed by atoms with Crippen LogP contribution < -0.4 is 37.2 Å². The minimum Gasteiger partial charge on any atom is -1.00 e. The molecular weight excluding hydrogens is 428 g/mol. The van der Waals surface area contributed by atoms with Gasteiger partial charge in [0, 0.05) is 31.0 Å². The summed E-state index contributed by atoms with van der Waals surface area (Å²) in [5.41, 5.74) is 1.91. The van der Waals surface area contributed by atoms with Gasteiger partial charge in [0.25, 0.3) is 0 Å². The van der Waals surface area contributed by atoms with E-state index >= 15 is 0 Å². The third kappa shape index (κ3) is 9.76. The van der Waals surface area contributed by atoms with Crippen molar-refractivity contribution in [2.45, 2.75) is 76.3 Å². The molecule has 2 aliphatic rings. The minimum absolute atomic E-state index is 0. The van der Waals surface area contributed by atoms with E-state index in [2.05, 4.69) is 11.1 Å². The Hall–Kier alpha value is -0.0556. The van der Waals surface area contributed by atoms with Gasteiger partial charge in [0.1, 0.15) is 0 Å². The molecular formula is C19H27Cl3N3V-3. The van der Waals surface area contributed by atoms with Gasteiger partial charge in [0.2, 0.25) is 0 Å². The van der Waals surface area contributed by atoms with E-state index in [-0.39, 0.29) is 55.8 Å². The Morgan fingerprint density at radius 1 is 0.692 bits per heavy atom. The van der Waals surface area contributed by atoms with Crippen molar-refractivity contribution in [3.05, 3.63) is 29.6 Å². The van der Waals surface area contributed by atoms with Gasteiger partial charge in [0.05, 0.1) is 23.5 Å². The van der Waals surface area contributed by atoms with Gasteiger partial charge in [-0.15, -0.1) is 0 Å². The molecule has 0 N–H and O–H groups in total. The fourth-order valence-electron chi connectivity index (χ4n) is 3.44. The van der Waals surface area contributed by atoms with Crippen molar-refractivity contribution < 1.29 is 55.8 Å². The second-order valence-electron chi connectivity index (χ2n) is 6.63. The maximum Gasteiger partial charge on any atom is 0.0815 e. The number of aromatic nitrogens is 1. The van der Waals surface area contributed by atoms with Crippen molar-refractivity contribution in [1.29, 1.82) is 0 Å². The third-order valence-electron chi connectivity index (χ3n) is 4.78. The van der Waals surface area contributed by atoms with Crippen LogP contribution in [0.5, 0.6) is 0 Å². The van der Waals surface area contributed by atoms with Crippen LogP contribution in [0.3, 0.4) is 0 Å². The van der Waals surface area contributed by atoms with Crippen molar-refractivity contribution in [3.63, 3.8) is 0 Å².